The Labute approximate surface area is 141 Å². The number of hydrogen-bond donors (Lipinski definition) is 1. The molecule has 1 aromatic carbocycles. The molecule has 2 rings (SSSR count). The Morgan fingerprint density at radius 2 is 1.82 bits per heavy atom. The molecule has 1 atom stereocenters. The van der Waals surface area contributed by atoms with Gasteiger partial charge >= 0.3 is 6.03 Å². The van der Waals surface area contributed by atoms with Crippen LogP contribution in [0.1, 0.15) is 41.0 Å². The second-order valence-corrected chi connectivity index (χ2v) is 7.73. The predicted octanol–water partition coefficient (Wildman–Crippen LogP) is 4.52. The Morgan fingerprint density at radius 3 is 2.32 bits per heavy atom. The normalized spacial score (nSPS) is 25.0. The number of halogens is 2. The summed E-state index contributed by atoms with van der Waals surface area (Å²) >= 11 is 12.2. The van der Waals surface area contributed by atoms with Gasteiger partial charge in [-0.25, -0.2) is 4.79 Å². The molecule has 22 heavy (non-hydrogen) atoms. The average molecular weight is 345 g/mol. The summed E-state index contributed by atoms with van der Waals surface area (Å²) in [7, 11) is 0. The molecule has 2 amide bonds. The number of nitrogens with zero attached hydrogens (tertiary/aromatic N) is 2. The molecule has 0 spiro atoms. The molecule has 0 unspecified atom stereocenters. The molecule has 0 aliphatic carbocycles. The van der Waals surface area contributed by atoms with Crippen molar-refractivity contribution in [3.8, 4) is 0 Å². The number of hydrogen-bond acceptors (Lipinski definition) is 2. The summed E-state index contributed by atoms with van der Waals surface area (Å²) in [6.07, 6.45) is 0.406. The van der Waals surface area contributed by atoms with Gasteiger partial charge in [0.2, 0.25) is 0 Å². The van der Waals surface area contributed by atoms with E-state index in [0.29, 0.717) is 22.2 Å². The largest absolute Gasteiger partial charge is 0.371 e. The zero-order chi connectivity index (χ0) is 16.9. The molecule has 0 aromatic heterocycles. The molecule has 1 saturated heterocycles. The van der Waals surface area contributed by atoms with Crippen LogP contribution >= 0.6 is 23.2 Å². The van der Waals surface area contributed by atoms with Crippen molar-refractivity contribution in [1.82, 2.24) is 4.90 Å². The summed E-state index contributed by atoms with van der Waals surface area (Å²) in [5, 5.41) is 11.7. The third-order valence-electron chi connectivity index (χ3n) is 3.97. The number of rotatable bonds is 2. The van der Waals surface area contributed by atoms with Gasteiger partial charge < -0.3 is 10.0 Å². The van der Waals surface area contributed by atoms with Crippen molar-refractivity contribution in [3.63, 3.8) is 0 Å². The van der Waals surface area contributed by atoms with Gasteiger partial charge in [0, 0.05) is 23.0 Å². The molecule has 0 bridgehead atoms. The lowest BCUT2D eigenvalue weighted by Gasteiger charge is -2.55. The van der Waals surface area contributed by atoms with Gasteiger partial charge in [-0.1, -0.05) is 23.2 Å². The first-order valence-electron chi connectivity index (χ1n) is 7.28. The highest BCUT2D eigenvalue weighted by Crippen LogP contribution is 2.42. The fourth-order valence-electron chi connectivity index (χ4n) is 3.50. The highest BCUT2D eigenvalue weighted by Gasteiger charge is 2.51. The van der Waals surface area contributed by atoms with Gasteiger partial charge in [0.05, 0.1) is 10.7 Å². The third kappa shape index (κ3) is 2.92. The van der Waals surface area contributed by atoms with E-state index in [1.54, 1.807) is 30.0 Å². The van der Waals surface area contributed by atoms with Crippen LogP contribution in [-0.2, 0) is 0 Å². The number of anilines is 1. The number of carbonyl (C=O) groups is 1. The van der Waals surface area contributed by atoms with Gasteiger partial charge in [-0.15, -0.1) is 0 Å². The molecular weight excluding hydrogens is 323 g/mol. The molecule has 1 N–H and O–H groups in total. The fourth-order valence-corrected chi connectivity index (χ4v) is 3.99. The van der Waals surface area contributed by atoms with Gasteiger partial charge in [-0.3, -0.25) is 4.90 Å². The summed E-state index contributed by atoms with van der Waals surface area (Å²) in [6, 6.07) is 4.63. The molecule has 0 saturated carbocycles. The number of aliphatic hydroxyl groups is 1. The van der Waals surface area contributed by atoms with Crippen LogP contribution in [0.15, 0.2) is 18.2 Å². The molecule has 1 aliphatic heterocycles. The third-order valence-corrected chi connectivity index (χ3v) is 4.50. The molecule has 122 valence electrons. The summed E-state index contributed by atoms with van der Waals surface area (Å²) in [6.45, 7) is 9.47. The summed E-state index contributed by atoms with van der Waals surface area (Å²) < 4.78 is 0. The maximum Gasteiger partial charge on any atom is 0.327 e. The molecular formula is C16H22Cl2N2O2. The lowest BCUT2D eigenvalue weighted by molar-refractivity contribution is -0.0334. The number of amides is 2. The van der Waals surface area contributed by atoms with Crippen LogP contribution in [0.2, 0.25) is 10.0 Å². The highest BCUT2D eigenvalue weighted by atomic mass is 35.5. The van der Waals surface area contributed by atoms with E-state index in [9.17, 15) is 9.90 Å². The number of benzene rings is 1. The summed E-state index contributed by atoms with van der Waals surface area (Å²) in [5.74, 6) is 0. The minimum absolute atomic E-state index is 0.00664. The number of urea groups is 1. The van der Waals surface area contributed by atoms with Crippen LogP contribution in [-0.4, -0.2) is 33.3 Å². The molecule has 0 radical (unpaired) electrons. The summed E-state index contributed by atoms with van der Waals surface area (Å²) in [5.41, 5.74) is -1.32. The Hall–Kier alpha value is -0.970. The quantitative estimate of drug-likeness (QED) is 0.856. The first-order chi connectivity index (χ1) is 9.97. The van der Waals surface area contributed by atoms with Crippen LogP contribution in [0.4, 0.5) is 10.5 Å². The molecule has 1 fully saturated rings. The van der Waals surface area contributed by atoms with Crippen LogP contribution in [0, 0.1) is 0 Å². The SMILES string of the molecule is CC(C)N1C(=O)N(c2ccc(Cl)cc2Cl)[C@](C)(O)CC1(C)C. The maximum atomic E-state index is 13.0. The molecule has 4 nitrogen and oxygen atoms in total. The van der Waals surface area contributed by atoms with E-state index in [0.717, 1.165) is 0 Å². The zero-order valence-electron chi connectivity index (χ0n) is 13.5. The van der Waals surface area contributed by atoms with Crippen LogP contribution in [0.5, 0.6) is 0 Å². The smallest absolute Gasteiger partial charge is 0.327 e. The molecule has 1 heterocycles. The van der Waals surface area contributed by atoms with Gasteiger partial charge in [0.25, 0.3) is 0 Å². The van der Waals surface area contributed by atoms with Gasteiger partial charge in [0.1, 0.15) is 5.72 Å². The van der Waals surface area contributed by atoms with Crippen molar-refractivity contribution >= 4 is 34.9 Å². The van der Waals surface area contributed by atoms with E-state index in [4.69, 9.17) is 23.2 Å². The van der Waals surface area contributed by atoms with Crippen LogP contribution < -0.4 is 4.90 Å². The Kier molecular flexibility index (Phi) is 4.42. The van der Waals surface area contributed by atoms with Gasteiger partial charge in [0.15, 0.2) is 0 Å². The van der Waals surface area contributed by atoms with Crippen molar-refractivity contribution in [3.05, 3.63) is 28.2 Å². The topological polar surface area (TPSA) is 43.8 Å². The predicted molar refractivity (Wildman–Crippen MR) is 90.6 cm³/mol. The summed E-state index contributed by atoms with van der Waals surface area (Å²) in [4.78, 5) is 16.2. The Bertz CT molecular complexity index is 600. The van der Waals surface area contributed by atoms with E-state index in [1.165, 1.54) is 4.90 Å². The van der Waals surface area contributed by atoms with Crippen molar-refractivity contribution in [2.45, 2.75) is 58.3 Å². The van der Waals surface area contributed by atoms with E-state index in [2.05, 4.69) is 0 Å². The molecule has 6 heteroatoms. The lowest BCUT2D eigenvalue weighted by Crippen LogP contribution is -2.69. The van der Waals surface area contributed by atoms with E-state index >= 15 is 0 Å². The first kappa shape index (κ1) is 17.4. The van der Waals surface area contributed by atoms with E-state index < -0.39 is 11.3 Å². The molecule has 1 aliphatic rings. The Morgan fingerprint density at radius 1 is 1.23 bits per heavy atom. The monoisotopic (exact) mass is 344 g/mol. The Balaban J connectivity index is 2.56. The second kappa shape index (κ2) is 5.59. The minimum Gasteiger partial charge on any atom is -0.371 e. The maximum absolute atomic E-state index is 13.0. The zero-order valence-corrected chi connectivity index (χ0v) is 15.0. The van der Waals surface area contributed by atoms with Crippen LogP contribution in [0.25, 0.3) is 0 Å². The lowest BCUT2D eigenvalue weighted by atomic mass is 9.86. The van der Waals surface area contributed by atoms with Crippen LogP contribution in [0.3, 0.4) is 0 Å². The van der Waals surface area contributed by atoms with Crippen molar-refractivity contribution in [2.75, 3.05) is 4.90 Å². The van der Waals surface area contributed by atoms with Crippen molar-refractivity contribution < 1.29 is 9.90 Å². The van der Waals surface area contributed by atoms with E-state index in [1.807, 2.05) is 27.7 Å². The minimum atomic E-state index is -1.33. The van der Waals surface area contributed by atoms with Crippen molar-refractivity contribution in [1.29, 1.82) is 0 Å². The fraction of sp³-hybridized carbons (Fsp3) is 0.562. The second-order valence-electron chi connectivity index (χ2n) is 6.88. The highest BCUT2D eigenvalue weighted by molar-refractivity contribution is 6.36. The van der Waals surface area contributed by atoms with Crippen molar-refractivity contribution in [2.24, 2.45) is 0 Å². The van der Waals surface area contributed by atoms with E-state index in [-0.39, 0.29) is 12.1 Å². The molecule has 1 aromatic rings. The van der Waals surface area contributed by atoms with Gasteiger partial charge in [-0.05, 0) is 52.8 Å². The van der Waals surface area contributed by atoms with Gasteiger partial charge in [-0.2, -0.15) is 0 Å². The number of carbonyl (C=O) groups excluding carboxylic acids is 1. The average Bonchev–Trinajstić information content (AvgIpc) is 2.28. The first-order valence-corrected chi connectivity index (χ1v) is 8.04. The standard InChI is InChI=1S/C16H22Cl2N2O2/c1-10(2)19-14(21)20(16(5,22)9-15(19,3)4)13-7-6-11(17)8-12(13)18/h6-8,10,22H,9H2,1-5H3/t16-/m1/s1.